The summed E-state index contributed by atoms with van der Waals surface area (Å²) in [4.78, 5) is 10.1. The van der Waals surface area contributed by atoms with Crippen molar-refractivity contribution >= 4 is 22.9 Å². The average Bonchev–Trinajstić information content (AvgIpc) is 3.39. The summed E-state index contributed by atoms with van der Waals surface area (Å²) in [5.74, 6) is 1.84. The molecule has 0 unspecified atom stereocenters. The minimum absolute atomic E-state index is 0.163. The number of nitrogens with zero attached hydrogens (tertiary/aromatic N) is 5. The van der Waals surface area contributed by atoms with Gasteiger partial charge < -0.3 is 4.57 Å². The zero-order valence-electron chi connectivity index (χ0n) is 14.2. The van der Waals surface area contributed by atoms with E-state index in [9.17, 15) is 13.2 Å². The molecule has 1 aliphatic rings. The minimum atomic E-state index is -4.55. The molecule has 0 spiro atoms. The molecule has 0 bridgehead atoms. The van der Waals surface area contributed by atoms with Crippen LogP contribution in [0.4, 0.5) is 13.2 Å². The molecule has 3 heterocycles. The number of alkyl halides is 3. The molecular weight excluding hydrogens is 363 g/mol. The number of imidazole rings is 1. The van der Waals surface area contributed by atoms with Crippen molar-refractivity contribution in [2.24, 2.45) is 7.05 Å². The van der Waals surface area contributed by atoms with Crippen LogP contribution in [0.15, 0.2) is 23.1 Å². The standard InChI is InChI=1S/C17H16F3N5S/c1-3-26-12-7-6-10(9-4-5-9)21-14(12)16-22-11-8-13(17(18,19)20)23-24-15(11)25(16)2/h6-9H,3-5H2,1-2H3. The first kappa shape index (κ1) is 17.3. The maximum Gasteiger partial charge on any atom is 0.435 e. The zero-order valence-corrected chi connectivity index (χ0v) is 15.0. The Morgan fingerprint density at radius 3 is 2.62 bits per heavy atom. The topological polar surface area (TPSA) is 56.5 Å². The number of thioether (sulfide) groups is 1. The van der Waals surface area contributed by atoms with Crippen LogP contribution >= 0.6 is 11.8 Å². The number of hydrogen-bond donors (Lipinski definition) is 0. The third-order valence-electron chi connectivity index (χ3n) is 4.29. The van der Waals surface area contributed by atoms with Crippen LogP contribution in [0.5, 0.6) is 0 Å². The Bertz CT molecular complexity index is 978. The predicted octanol–water partition coefficient (Wildman–Crippen LogP) is 4.43. The van der Waals surface area contributed by atoms with Crippen LogP contribution in [0.1, 0.15) is 37.1 Å². The van der Waals surface area contributed by atoms with E-state index in [-0.39, 0.29) is 5.52 Å². The molecule has 26 heavy (non-hydrogen) atoms. The zero-order chi connectivity index (χ0) is 18.5. The molecular formula is C17H16F3N5S. The van der Waals surface area contributed by atoms with Crippen molar-refractivity contribution in [1.29, 1.82) is 0 Å². The normalized spacial score (nSPS) is 15.0. The number of aromatic nitrogens is 5. The Labute approximate surface area is 152 Å². The van der Waals surface area contributed by atoms with E-state index in [1.54, 1.807) is 23.4 Å². The van der Waals surface area contributed by atoms with Gasteiger partial charge in [0.2, 0.25) is 0 Å². The first-order chi connectivity index (χ1) is 12.4. The molecule has 0 saturated heterocycles. The highest BCUT2D eigenvalue weighted by molar-refractivity contribution is 7.99. The lowest BCUT2D eigenvalue weighted by molar-refractivity contribution is -0.141. The van der Waals surface area contributed by atoms with Gasteiger partial charge in [0.25, 0.3) is 0 Å². The van der Waals surface area contributed by atoms with Crippen LogP contribution in [0.3, 0.4) is 0 Å². The molecule has 1 fully saturated rings. The van der Waals surface area contributed by atoms with Gasteiger partial charge in [-0.05, 0) is 30.7 Å². The van der Waals surface area contributed by atoms with Gasteiger partial charge in [-0.3, -0.25) is 0 Å². The molecule has 0 aromatic carbocycles. The van der Waals surface area contributed by atoms with Crippen molar-refractivity contribution < 1.29 is 13.2 Å². The number of halogens is 3. The van der Waals surface area contributed by atoms with E-state index in [0.717, 1.165) is 35.3 Å². The largest absolute Gasteiger partial charge is 0.435 e. The van der Waals surface area contributed by atoms with E-state index >= 15 is 0 Å². The van der Waals surface area contributed by atoms with Crippen LogP contribution in [0.2, 0.25) is 0 Å². The Hall–Kier alpha value is -2.16. The molecule has 1 aliphatic carbocycles. The molecule has 3 aromatic heterocycles. The fraction of sp³-hybridized carbons (Fsp3) is 0.412. The lowest BCUT2D eigenvalue weighted by Crippen LogP contribution is -2.09. The van der Waals surface area contributed by atoms with Crippen LogP contribution in [-0.2, 0) is 13.2 Å². The van der Waals surface area contributed by atoms with E-state index in [1.165, 1.54) is 0 Å². The van der Waals surface area contributed by atoms with Crippen molar-refractivity contribution in [1.82, 2.24) is 24.7 Å². The van der Waals surface area contributed by atoms with E-state index in [2.05, 4.69) is 15.2 Å². The van der Waals surface area contributed by atoms with Crippen molar-refractivity contribution in [3.05, 3.63) is 29.6 Å². The van der Waals surface area contributed by atoms with Gasteiger partial charge in [0.05, 0.1) is 0 Å². The molecule has 0 atom stereocenters. The monoisotopic (exact) mass is 379 g/mol. The quantitative estimate of drug-likeness (QED) is 0.628. The summed E-state index contributed by atoms with van der Waals surface area (Å²) < 4.78 is 40.4. The van der Waals surface area contributed by atoms with Gasteiger partial charge in [-0.2, -0.15) is 13.2 Å². The molecule has 3 aromatic rings. The summed E-state index contributed by atoms with van der Waals surface area (Å²) in [5.41, 5.74) is 1.12. The van der Waals surface area contributed by atoms with Crippen LogP contribution in [0, 0.1) is 0 Å². The number of rotatable bonds is 4. The second kappa shape index (κ2) is 6.22. The molecule has 9 heteroatoms. The molecule has 0 aliphatic heterocycles. The molecule has 4 rings (SSSR count). The molecule has 5 nitrogen and oxygen atoms in total. The third kappa shape index (κ3) is 3.04. The minimum Gasteiger partial charge on any atom is -0.309 e. The van der Waals surface area contributed by atoms with E-state index < -0.39 is 11.9 Å². The molecule has 1 saturated carbocycles. The number of pyridine rings is 1. The molecule has 136 valence electrons. The second-order valence-electron chi connectivity index (χ2n) is 6.22. The Morgan fingerprint density at radius 1 is 1.19 bits per heavy atom. The third-order valence-corrected chi connectivity index (χ3v) is 5.22. The first-order valence-corrected chi connectivity index (χ1v) is 9.28. The Balaban J connectivity index is 1.88. The van der Waals surface area contributed by atoms with E-state index in [4.69, 9.17) is 4.98 Å². The van der Waals surface area contributed by atoms with Crippen molar-refractivity contribution in [3.63, 3.8) is 0 Å². The highest BCUT2D eigenvalue weighted by atomic mass is 32.2. The van der Waals surface area contributed by atoms with Gasteiger partial charge in [0, 0.05) is 29.6 Å². The SMILES string of the molecule is CCSc1ccc(C2CC2)nc1-c1nc2cc(C(F)(F)F)nnc2n1C. The highest BCUT2D eigenvalue weighted by Crippen LogP contribution is 2.41. The fourth-order valence-electron chi connectivity index (χ4n) is 2.84. The van der Waals surface area contributed by atoms with Gasteiger partial charge in [-0.15, -0.1) is 22.0 Å². The van der Waals surface area contributed by atoms with Gasteiger partial charge in [0.15, 0.2) is 17.2 Å². The number of fused-ring (bicyclic) bond motifs is 1. The summed E-state index contributed by atoms with van der Waals surface area (Å²) >= 11 is 1.63. The smallest absolute Gasteiger partial charge is 0.309 e. The summed E-state index contributed by atoms with van der Waals surface area (Å²) in [5, 5.41) is 7.03. The summed E-state index contributed by atoms with van der Waals surface area (Å²) in [6.45, 7) is 2.04. The van der Waals surface area contributed by atoms with Gasteiger partial charge in [-0.25, -0.2) is 9.97 Å². The summed E-state index contributed by atoms with van der Waals surface area (Å²) in [6, 6.07) is 4.99. The van der Waals surface area contributed by atoms with E-state index in [0.29, 0.717) is 23.1 Å². The lowest BCUT2D eigenvalue weighted by Gasteiger charge is -2.09. The first-order valence-electron chi connectivity index (χ1n) is 8.30. The van der Waals surface area contributed by atoms with Crippen LogP contribution < -0.4 is 0 Å². The second-order valence-corrected chi connectivity index (χ2v) is 7.53. The van der Waals surface area contributed by atoms with Crippen molar-refractivity contribution in [3.8, 4) is 11.5 Å². The lowest BCUT2D eigenvalue weighted by atomic mass is 10.2. The summed E-state index contributed by atoms with van der Waals surface area (Å²) in [7, 11) is 1.72. The van der Waals surface area contributed by atoms with Gasteiger partial charge in [0.1, 0.15) is 11.2 Å². The highest BCUT2D eigenvalue weighted by Gasteiger charge is 2.34. The van der Waals surface area contributed by atoms with E-state index in [1.807, 2.05) is 19.1 Å². The fourth-order valence-corrected chi connectivity index (χ4v) is 3.59. The van der Waals surface area contributed by atoms with Crippen LogP contribution in [0.25, 0.3) is 22.7 Å². The predicted molar refractivity (Wildman–Crippen MR) is 92.9 cm³/mol. The molecule has 0 amide bonds. The Morgan fingerprint density at radius 2 is 1.96 bits per heavy atom. The average molecular weight is 379 g/mol. The Kier molecular flexibility index (Phi) is 4.13. The van der Waals surface area contributed by atoms with Gasteiger partial charge >= 0.3 is 6.18 Å². The van der Waals surface area contributed by atoms with Crippen LogP contribution in [-0.4, -0.2) is 30.5 Å². The maximum atomic E-state index is 12.9. The molecule has 0 radical (unpaired) electrons. The number of hydrogen-bond acceptors (Lipinski definition) is 5. The number of aryl methyl sites for hydroxylation is 1. The molecule has 0 N–H and O–H groups in total. The van der Waals surface area contributed by atoms with Crippen molar-refractivity contribution in [2.45, 2.75) is 36.8 Å². The summed E-state index contributed by atoms with van der Waals surface area (Å²) in [6.07, 6.45) is -2.31. The maximum absolute atomic E-state index is 12.9. The van der Waals surface area contributed by atoms with Gasteiger partial charge in [-0.1, -0.05) is 6.92 Å². The van der Waals surface area contributed by atoms with Crippen molar-refractivity contribution in [2.75, 3.05) is 5.75 Å².